The third-order valence-electron chi connectivity index (χ3n) is 5.42. The molecule has 0 spiro atoms. The summed E-state index contributed by atoms with van der Waals surface area (Å²) in [4.78, 5) is 11.8. The lowest BCUT2D eigenvalue weighted by atomic mass is 9.63. The average molecular weight is 284 g/mol. The van der Waals surface area contributed by atoms with E-state index in [0.717, 1.165) is 25.7 Å². The molecule has 1 aliphatic carbocycles. The van der Waals surface area contributed by atoms with Crippen LogP contribution in [0.4, 0.5) is 0 Å². The van der Waals surface area contributed by atoms with Gasteiger partial charge in [-0.2, -0.15) is 0 Å². The summed E-state index contributed by atoms with van der Waals surface area (Å²) in [5.41, 5.74) is -1.61. The number of carbonyl (C=O) groups is 1. The van der Waals surface area contributed by atoms with Crippen LogP contribution in [0.15, 0.2) is 0 Å². The Morgan fingerprint density at radius 1 is 1.35 bits per heavy atom. The zero-order valence-electron chi connectivity index (χ0n) is 13.6. The van der Waals surface area contributed by atoms with Crippen molar-refractivity contribution in [2.45, 2.75) is 84.7 Å². The van der Waals surface area contributed by atoms with Crippen LogP contribution in [0.3, 0.4) is 0 Å². The van der Waals surface area contributed by atoms with Crippen LogP contribution in [0.1, 0.15) is 79.1 Å². The molecule has 0 saturated heterocycles. The summed E-state index contributed by atoms with van der Waals surface area (Å²) < 4.78 is 0. The SMILES string of the molecule is CCCCC1CCC(CC(C)(O)C(C)C)(C(=O)O)CC1. The molecule has 3 nitrogen and oxygen atoms in total. The van der Waals surface area contributed by atoms with Gasteiger partial charge in [-0.05, 0) is 50.9 Å². The Kier molecular flexibility index (Phi) is 6.06. The maximum atomic E-state index is 11.8. The number of hydrogen-bond acceptors (Lipinski definition) is 2. The molecule has 0 bridgehead atoms. The molecular weight excluding hydrogens is 252 g/mol. The van der Waals surface area contributed by atoms with Gasteiger partial charge in [-0.15, -0.1) is 0 Å². The predicted octanol–water partition coefficient (Wildman–Crippen LogP) is 4.23. The van der Waals surface area contributed by atoms with Crippen LogP contribution in [-0.4, -0.2) is 21.8 Å². The third-order valence-corrected chi connectivity index (χ3v) is 5.42. The molecule has 0 heterocycles. The lowest BCUT2D eigenvalue weighted by Gasteiger charge is -2.42. The highest BCUT2D eigenvalue weighted by Gasteiger charge is 2.46. The van der Waals surface area contributed by atoms with Crippen molar-refractivity contribution in [3.05, 3.63) is 0 Å². The Morgan fingerprint density at radius 2 is 1.90 bits per heavy atom. The van der Waals surface area contributed by atoms with E-state index >= 15 is 0 Å². The Labute approximate surface area is 123 Å². The van der Waals surface area contributed by atoms with Gasteiger partial charge in [-0.25, -0.2) is 0 Å². The summed E-state index contributed by atoms with van der Waals surface area (Å²) in [7, 11) is 0. The molecule has 0 aliphatic heterocycles. The summed E-state index contributed by atoms with van der Waals surface area (Å²) in [6, 6.07) is 0. The third kappa shape index (κ3) is 4.21. The van der Waals surface area contributed by atoms with Crippen LogP contribution in [0.25, 0.3) is 0 Å². The first-order valence-corrected chi connectivity index (χ1v) is 8.19. The summed E-state index contributed by atoms with van der Waals surface area (Å²) in [5, 5.41) is 20.2. The molecule has 0 aromatic heterocycles. The number of carboxylic acids is 1. The molecule has 1 unspecified atom stereocenters. The first-order chi connectivity index (χ1) is 9.23. The Morgan fingerprint density at radius 3 is 2.30 bits per heavy atom. The highest BCUT2D eigenvalue weighted by molar-refractivity contribution is 5.75. The fourth-order valence-electron chi connectivity index (χ4n) is 3.37. The smallest absolute Gasteiger partial charge is 0.309 e. The Bertz CT molecular complexity index is 312. The van der Waals surface area contributed by atoms with Crippen LogP contribution < -0.4 is 0 Å². The van der Waals surface area contributed by atoms with E-state index in [-0.39, 0.29) is 5.92 Å². The van der Waals surface area contributed by atoms with Gasteiger partial charge in [0, 0.05) is 0 Å². The first kappa shape index (κ1) is 17.5. The van der Waals surface area contributed by atoms with Gasteiger partial charge in [0.15, 0.2) is 0 Å². The van der Waals surface area contributed by atoms with Crippen molar-refractivity contribution in [2.24, 2.45) is 17.3 Å². The fourth-order valence-corrected chi connectivity index (χ4v) is 3.37. The van der Waals surface area contributed by atoms with Gasteiger partial charge < -0.3 is 10.2 Å². The topological polar surface area (TPSA) is 57.5 Å². The molecule has 1 fully saturated rings. The number of rotatable bonds is 7. The predicted molar refractivity (Wildman–Crippen MR) is 81.6 cm³/mol. The largest absolute Gasteiger partial charge is 0.481 e. The number of unbranched alkanes of at least 4 members (excludes halogenated alkanes) is 1. The number of aliphatic hydroxyl groups is 1. The maximum Gasteiger partial charge on any atom is 0.309 e. The summed E-state index contributed by atoms with van der Waals surface area (Å²) in [6.07, 6.45) is 7.51. The number of carboxylic acid groups (broad SMARTS) is 1. The quantitative estimate of drug-likeness (QED) is 0.735. The van der Waals surface area contributed by atoms with E-state index < -0.39 is 17.0 Å². The molecule has 0 amide bonds. The van der Waals surface area contributed by atoms with Crippen molar-refractivity contribution in [1.82, 2.24) is 0 Å². The van der Waals surface area contributed by atoms with E-state index in [1.165, 1.54) is 19.3 Å². The molecule has 2 N–H and O–H groups in total. The Hall–Kier alpha value is -0.570. The maximum absolute atomic E-state index is 11.8. The zero-order valence-corrected chi connectivity index (χ0v) is 13.6. The second kappa shape index (κ2) is 6.93. The van der Waals surface area contributed by atoms with Crippen LogP contribution in [0.2, 0.25) is 0 Å². The molecule has 1 rings (SSSR count). The lowest BCUT2D eigenvalue weighted by molar-refractivity contribution is -0.158. The summed E-state index contributed by atoms with van der Waals surface area (Å²) in [5.74, 6) is 0.0512. The zero-order chi connectivity index (χ0) is 15.4. The van der Waals surface area contributed by atoms with E-state index in [4.69, 9.17) is 0 Å². The van der Waals surface area contributed by atoms with Crippen LogP contribution in [-0.2, 0) is 4.79 Å². The summed E-state index contributed by atoms with van der Waals surface area (Å²) in [6.45, 7) is 7.90. The van der Waals surface area contributed by atoms with Crippen molar-refractivity contribution in [1.29, 1.82) is 0 Å². The second-order valence-corrected chi connectivity index (χ2v) is 7.36. The van der Waals surface area contributed by atoms with E-state index in [9.17, 15) is 15.0 Å². The van der Waals surface area contributed by atoms with Crippen LogP contribution >= 0.6 is 0 Å². The fraction of sp³-hybridized carbons (Fsp3) is 0.941. The molecule has 118 valence electrons. The van der Waals surface area contributed by atoms with E-state index in [2.05, 4.69) is 6.92 Å². The first-order valence-electron chi connectivity index (χ1n) is 8.19. The van der Waals surface area contributed by atoms with Crippen molar-refractivity contribution < 1.29 is 15.0 Å². The Balaban J connectivity index is 2.70. The average Bonchev–Trinajstić information content (AvgIpc) is 2.37. The van der Waals surface area contributed by atoms with E-state index in [1.54, 1.807) is 6.92 Å². The minimum absolute atomic E-state index is 0.0801. The van der Waals surface area contributed by atoms with E-state index in [1.807, 2.05) is 13.8 Å². The van der Waals surface area contributed by atoms with Gasteiger partial charge in [-0.1, -0.05) is 40.0 Å². The number of hydrogen-bond donors (Lipinski definition) is 2. The molecule has 3 heteroatoms. The molecule has 1 aliphatic rings. The van der Waals surface area contributed by atoms with Crippen molar-refractivity contribution >= 4 is 5.97 Å². The van der Waals surface area contributed by atoms with Gasteiger partial charge in [-0.3, -0.25) is 4.79 Å². The minimum atomic E-state index is -0.894. The normalized spacial score (nSPS) is 30.2. The molecular formula is C17H32O3. The molecule has 0 aromatic rings. The monoisotopic (exact) mass is 284 g/mol. The van der Waals surface area contributed by atoms with Crippen LogP contribution in [0, 0.1) is 17.3 Å². The van der Waals surface area contributed by atoms with Crippen molar-refractivity contribution in [3.8, 4) is 0 Å². The van der Waals surface area contributed by atoms with Gasteiger partial charge in [0.05, 0.1) is 11.0 Å². The van der Waals surface area contributed by atoms with Gasteiger partial charge in [0.25, 0.3) is 0 Å². The molecule has 0 aromatic carbocycles. The number of aliphatic carboxylic acids is 1. The highest BCUT2D eigenvalue weighted by atomic mass is 16.4. The van der Waals surface area contributed by atoms with Gasteiger partial charge in [0.2, 0.25) is 0 Å². The van der Waals surface area contributed by atoms with Crippen molar-refractivity contribution in [2.75, 3.05) is 0 Å². The van der Waals surface area contributed by atoms with Gasteiger partial charge >= 0.3 is 5.97 Å². The van der Waals surface area contributed by atoms with Gasteiger partial charge in [0.1, 0.15) is 0 Å². The summed E-state index contributed by atoms with van der Waals surface area (Å²) >= 11 is 0. The van der Waals surface area contributed by atoms with Crippen molar-refractivity contribution in [3.63, 3.8) is 0 Å². The molecule has 20 heavy (non-hydrogen) atoms. The minimum Gasteiger partial charge on any atom is -0.481 e. The lowest BCUT2D eigenvalue weighted by Crippen LogP contribution is -2.44. The van der Waals surface area contributed by atoms with E-state index in [0.29, 0.717) is 12.3 Å². The molecule has 0 radical (unpaired) electrons. The molecule has 1 saturated carbocycles. The molecule has 1 atom stereocenters. The standard InChI is InChI=1S/C17H32O3/c1-5-6-7-14-8-10-17(11-9-14,15(18)19)12-16(4,20)13(2)3/h13-14,20H,5-12H2,1-4H3,(H,18,19). The highest BCUT2D eigenvalue weighted by Crippen LogP contribution is 2.46. The van der Waals surface area contributed by atoms with Crippen LogP contribution in [0.5, 0.6) is 0 Å². The second-order valence-electron chi connectivity index (χ2n) is 7.36.